The molecule has 2 rings (SSSR count). The third-order valence-corrected chi connectivity index (χ3v) is 4.90. The minimum Gasteiger partial charge on any atom is -0.368 e. The second-order valence-corrected chi connectivity index (χ2v) is 7.34. The maximum Gasteiger partial charge on any atom is 0.246 e. The molecular formula is C17H32N2O2. The van der Waals surface area contributed by atoms with Gasteiger partial charge in [-0.15, -0.1) is 0 Å². The summed E-state index contributed by atoms with van der Waals surface area (Å²) in [5.41, 5.74) is 0.346. The van der Waals surface area contributed by atoms with Gasteiger partial charge in [-0.05, 0) is 56.5 Å². The van der Waals surface area contributed by atoms with Gasteiger partial charge in [0, 0.05) is 6.54 Å². The Balaban J connectivity index is 1.69. The molecule has 0 unspecified atom stereocenters. The minimum absolute atomic E-state index is 0.0589. The Hall–Kier alpha value is -0.610. The van der Waals surface area contributed by atoms with Crippen LogP contribution in [0.15, 0.2) is 0 Å². The largest absolute Gasteiger partial charge is 0.368 e. The van der Waals surface area contributed by atoms with E-state index < -0.39 is 0 Å². The monoisotopic (exact) mass is 296 g/mol. The Morgan fingerprint density at radius 3 is 2.57 bits per heavy atom. The average Bonchev–Trinajstić information content (AvgIpc) is 2.92. The van der Waals surface area contributed by atoms with Crippen LogP contribution in [0.5, 0.6) is 0 Å². The first-order valence-corrected chi connectivity index (χ1v) is 8.69. The summed E-state index contributed by atoms with van der Waals surface area (Å²) in [6, 6.07) is 0. The van der Waals surface area contributed by atoms with E-state index in [4.69, 9.17) is 4.74 Å². The van der Waals surface area contributed by atoms with E-state index in [0.717, 1.165) is 32.5 Å². The predicted octanol–water partition coefficient (Wildman–Crippen LogP) is 2.48. The molecule has 0 aromatic rings. The predicted molar refractivity (Wildman–Crippen MR) is 85.2 cm³/mol. The molecule has 0 spiro atoms. The van der Waals surface area contributed by atoms with Gasteiger partial charge < -0.3 is 15.4 Å². The van der Waals surface area contributed by atoms with E-state index in [1.165, 1.54) is 32.1 Å². The normalized spacial score (nSPS) is 22.6. The Bertz CT molecular complexity index is 319. The number of hydrogen-bond acceptors (Lipinski definition) is 3. The number of rotatable bonds is 7. The molecule has 1 heterocycles. The molecule has 1 aliphatic carbocycles. The molecule has 1 amide bonds. The molecule has 0 bridgehead atoms. The smallest absolute Gasteiger partial charge is 0.246 e. The highest BCUT2D eigenvalue weighted by molar-refractivity contribution is 5.77. The second kappa shape index (κ2) is 8.14. The van der Waals surface area contributed by atoms with Gasteiger partial charge in [0.2, 0.25) is 5.91 Å². The van der Waals surface area contributed by atoms with E-state index in [9.17, 15) is 4.79 Å². The van der Waals surface area contributed by atoms with Gasteiger partial charge in [0.1, 0.15) is 6.61 Å². The molecule has 1 aliphatic heterocycles. The van der Waals surface area contributed by atoms with Crippen LogP contribution >= 0.6 is 0 Å². The number of carbonyl (C=O) groups excluding carboxylic acids is 1. The highest BCUT2D eigenvalue weighted by atomic mass is 16.5. The highest BCUT2D eigenvalue weighted by Gasteiger charge is 2.34. The van der Waals surface area contributed by atoms with Crippen molar-refractivity contribution in [3.05, 3.63) is 0 Å². The standard InChI is InChI=1S/C17H32N2O2/c1-14(2)11-17(7-3-4-8-17)13-19-16(20)12-21-15-5-9-18-10-6-15/h14-15,18H,3-13H2,1-2H3,(H,19,20). The van der Waals surface area contributed by atoms with E-state index >= 15 is 0 Å². The lowest BCUT2D eigenvalue weighted by atomic mass is 9.78. The molecule has 4 heteroatoms. The van der Waals surface area contributed by atoms with E-state index in [1.807, 2.05) is 0 Å². The summed E-state index contributed by atoms with van der Waals surface area (Å²) >= 11 is 0. The van der Waals surface area contributed by atoms with E-state index in [-0.39, 0.29) is 18.6 Å². The van der Waals surface area contributed by atoms with Crippen LogP contribution in [0.2, 0.25) is 0 Å². The molecule has 1 saturated carbocycles. The summed E-state index contributed by atoms with van der Waals surface area (Å²) in [5.74, 6) is 0.759. The van der Waals surface area contributed by atoms with Gasteiger partial charge in [-0.2, -0.15) is 0 Å². The Labute approximate surface area is 129 Å². The highest BCUT2D eigenvalue weighted by Crippen LogP contribution is 2.42. The number of carbonyl (C=O) groups is 1. The minimum atomic E-state index is 0.0589. The summed E-state index contributed by atoms with van der Waals surface area (Å²) in [7, 11) is 0. The molecule has 0 atom stereocenters. The average molecular weight is 296 g/mol. The van der Waals surface area contributed by atoms with Crippen molar-refractivity contribution in [2.24, 2.45) is 11.3 Å². The zero-order valence-electron chi connectivity index (χ0n) is 13.7. The molecule has 0 radical (unpaired) electrons. The number of amides is 1. The van der Waals surface area contributed by atoms with E-state index in [0.29, 0.717) is 11.3 Å². The fourth-order valence-corrected chi connectivity index (χ4v) is 3.94. The Morgan fingerprint density at radius 1 is 1.29 bits per heavy atom. The summed E-state index contributed by atoms with van der Waals surface area (Å²) in [6.07, 6.45) is 8.68. The van der Waals surface area contributed by atoms with E-state index in [1.54, 1.807) is 0 Å². The number of piperidine rings is 1. The molecule has 2 N–H and O–H groups in total. The molecule has 21 heavy (non-hydrogen) atoms. The van der Waals surface area contributed by atoms with Crippen molar-refractivity contribution in [2.45, 2.75) is 64.9 Å². The van der Waals surface area contributed by atoms with E-state index in [2.05, 4.69) is 24.5 Å². The first-order chi connectivity index (χ1) is 10.1. The fraction of sp³-hybridized carbons (Fsp3) is 0.941. The zero-order chi connectivity index (χ0) is 15.1. The quantitative estimate of drug-likeness (QED) is 0.759. The molecular weight excluding hydrogens is 264 g/mol. The first-order valence-electron chi connectivity index (χ1n) is 8.69. The van der Waals surface area contributed by atoms with Crippen molar-refractivity contribution < 1.29 is 9.53 Å². The number of ether oxygens (including phenoxy) is 1. The van der Waals surface area contributed by atoms with Crippen LogP contribution in [0.4, 0.5) is 0 Å². The number of nitrogens with one attached hydrogen (secondary N) is 2. The summed E-state index contributed by atoms with van der Waals surface area (Å²) in [6.45, 7) is 7.62. The summed E-state index contributed by atoms with van der Waals surface area (Å²) in [4.78, 5) is 12.0. The molecule has 4 nitrogen and oxygen atoms in total. The summed E-state index contributed by atoms with van der Waals surface area (Å²) < 4.78 is 5.72. The van der Waals surface area contributed by atoms with Gasteiger partial charge >= 0.3 is 0 Å². The second-order valence-electron chi connectivity index (χ2n) is 7.34. The van der Waals surface area contributed by atoms with Crippen LogP contribution in [0.25, 0.3) is 0 Å². The van der Waals surface area contributed by atoms with Crippen LogP contribution < -0.4 is 10.6 Å². The van der Waals surface area contributed by atoms with Crippen molar-refractivity contribution >= 4 is 5.91 Å². The van der Waals surface area contributed by atoms with Gasteiger partial charge in [0.25, 0.3) is 0 Å². The van der Waals surface area contributed by atoms with Gasteiger partial charge in [0.05, 0.1) is 6.10 Å². The van der Waals surface area contributed by atoms with Crippen molar-refractivity contribution in [1.29, 1.82) is 0 Å². The van der Waals surface area contributed by atoms with Crippen LogP contribution in [0.1, 0.15) is 58.8 Å². The molecule has 0 aromatic heterocycles. The van der Waals surface area contributed by atoms with Crippen molar-refractivity contribution in [2.75, 3.05) is 26.2 Å². The third kappa shape index (κ3) is 5.59. The van der Waals surface area contributed by atoms with Gasteiger partial charge in [0.15, 0.2) is 0 Å². The van der Waals surface area contributed by atoms with Crippen molar-refractivity contribution in [3.8, 4) is 0 Å². The first kappa shape index (κ1) is 16.8. The summed E-state index contributed by atoms with van der Waals surface area (Å²) in [5, 5.41) is 6.44. The zero-order valence-corrected chi connectivity index (χ0v) is 13.7. The van der Waals surface area contributed by atoms with Crippen molar-refractivity contribution in [1.82, 2.24) is 10.6 Å². The van der Waals surface area contributed by atoms with Crippen LogP contribution in [-0.4, -0.2) is 38.3 Å². The fourth-order valence-electron chi connectivity index (χ4n) is 3.94. The van der Waals surface area contributed by atoms with Gasteiger partial charge in [-0.1, -0.05) is 26.7 Å². The number of hydrogen-bond donors (Lipinski definition) is 2. The lowest BCUT2D eigenvalue weighted by Gasteiger charge is -2.31. The molecule has 1 saturated heterocycles. The Morgan fingerprint density at radius 2 is 1.95 bits per heavy atom. The van der Waals surface area contributed by atoms with Crippen LogP contribution in [-0.2, 0) is 9.53 Å². The van der Waals surface area contributed by atoms with Gasteiger partial charge in [-0.3, -0.25) is 4.79 Å². The van der Waals surface area contributed by atoms with Crippen molar-refractivity contribution in [3.63, 3.8) is 0 Å². The lowest BCUT2D eigenvalue weighted by molar-refractivity contribution is -0.128. The maximum atomic E-state index is 12.0. The topological polar surface area (TPSA) is 50.4 Å². The maximum absolute atomic E-state index is 12.0. The SMILES string of the molecule is CC(C)CC1(CNC(=O)COC2CCNCC2)CCCC1. The molecule has 2 fully saturated rings. The molecule has 122 valence electrons. The lowest BCUT2D eigenvalue weighted by Crippen LogP contribution is -2.40. The Kier molecular flexibility index (Phi) is 6.49. The molecule has 0 aromatic carbocycles. The van der Waals surface area contributed by atoms with Crippen LogP contribution in [0.3, 0.4) is 0 Å². The third-order valence-electron chi connectivity index (χ3n) is 4.90. The molecule has 2 aliphatic rings. The van der Waals surface area contributed by atoms with Crippen LogP contribution in [0, 0.1) is 11.3 Å². The van der Waals surface area contributed by atoms with Gasteiger partial charge in [-0.25, -0.2) is 0 Å².